The number of pyridine rings is 2. The van der Waals surface area contributed by atoms with Crippen molar-refractivity contribution in [2.24, 2.45) is 0 Å². The molecule has 2 aromatic heterocycles. The van der Waals surface area contributed by atoms with Gasteiger partial charge in [-0.2, -0.15) is 4.79 Å². The molecule has 26 heavy (non-hydrogen) atoms. The summed E-state index contributed by atoms with van der Waals surface area (Å²) in [6.07, 6.45) is 3.25. The van der Waals surface area contributed by atoms with E-state index in [0.29, 0.717) is 0 Å². The molecule has 0 atom stereocenters. The Bertz CT molecular complexity index is 869. The Kier molecular flexibility index (Phi) is 3.22. The fraction of sp³-hybridized carbons (Fsp3) is 0. The van der Waals surface area contributed by atoms with Crippen molar-refractivity contribution in [2.75, 3.05) is 0 Å². The van der Waals surface area contributed by atoms with Crippen LogP contribution in [-0.4, -0.2) is 49.9 Å². The summed E-state index contributed by atoms with van der Waals surface area (Å²) in [5.74, 6) is -3.67. The average Bonchev–Trinajstić information content (AvgIpc) is 3.03. The van der Waals surface area contributed by atoms with E-state index in [1.54, 1.807) is 0 Å². The minimum atomic E-state index is -1.62. The van der Waals surface area contributed by atoms with E-state index >= 15 is 0 Å². The van der Waals surface area contributed by atoms with E-state index < -0.39 is 29.8 Å². The lowest BCUT2D eigenvalue weighted by molar-refractivity contribution is -0.121. The molecule has 4 heterocycles. The van der Waals surface area contributed by atoms with Gasteiger partial charge in [0.25, 0.3) is 23.6 Å². The van der Waals surface area contributed by atoms with Crippen LogP contribution in [0.3, 0.4) is 0 Å². The Morgan fingerprint density at radius 1 is 0.692 bits per heavy atom. The molecule has 2 aromatic rings. The van der Waals surface area contributed by atoms with Crippen LogP contribution in [0.1, 0.15) is 41.4 Å². The second kappa shape index (κ2) is 5.44. The topological polar surface area (TPSA) is 136 Å². The molecule has 2 aliphatic rings. The summed E-state index contributed by atoms with van der Waals surface area (Å²) in [6.45, 7) is 0. The van der Waals surface area contributed by atoms with Gasteiger partial charge in [-0.15, -0.1) is 0 Å². The zero-order valence-corrected chi connectivity index (χ0v) is 12.6. The fourth-order valence-corrected chi connectivity index (χ4v) is 2.46. The van der Waals surface area contributed by atoms with Crippen LogP contribution < -0.4 is 0 Å². The first-order chi connectivity index (χ1) is 12.5. The number of imide groups is 2. The second-order valence-electron chi connectivity index (χ2n) is 5.08. The van der Waals surface area contributed by atoms with Crippen LogP contribution in [0.25, 0.3) is 0 Å². The maximum atomic E-state index is 12.1. The molecule has 11 nitrogen and oxygen atoms in total. The van der Waals surface area contributed by atoms with Crippen molar-refractivity contribution in [3.63, 3.8) is 0 Å². The van der Waals surface area contributed by atoms with Gasteiger partial charge in [-0.25, -0.2) is 0 Å². The van der Waals surface area contributed by atoms with Gasteiger partial charge >= 0.3 is 6.16 Å². The lowest BCUT2D eigenvalue weighted by atomic mass is 10.2. The summed E-state index contributed by atoms with van der Waals surface area (Å²) in [7, 11) is 0. The van der Waals surface area contributed by atoms with E-state index in [1.807, 2.05) is 0 Å². The van der Waals surface area contributed by atoms with Crippen LogP contribution in [0.2, 0.25) is 0 Å². The molecular formula is C15H6N4O7. The van der Waals surface area contributed by atoms with Gasteiger partial charge in [0.2, 0.25) is 0 Å². The van der Waals surface area contributed by atoms with Gasteiger partial charge in [0.05, 0.1) is 22.3 Å². The summed E-state index contributed by atoms with van der Waals surface area (Å²) in [4.78, 5) is 76.7. The lowest BCUT2D eigenvalue weighted by Crippen LogP contribution is -2.38. The molecule has 11 heteroatoms. The highest BCUT2D eigenvalue weighted by atomic mass is 16.9. The van der Waals surface area contributed by atoms with E-state index in [9.17, 15) is 24.0 Å². The molecule has 0 aromatic carbocycles. The molecular weight excluding hydrogens is 348 g/mol. The number of hydroxylamine groups is 4. The predicted octanol–water partition coefficient (Wildman–Crippen LogP) is 0.352. The molecule has 0 saturated carbocycles. The van der Waals surface area contributed by atoms with Crippen molar-refractivity contribution < 1.29 is 33.6 Å². The molecule has 2 aliphatic heterocycles. The fourth-order valence-electron chi connectivity index (χ4n) is 2.46. The molecule has 4 rings (SSSR count). The number of nitrogens with zero attached hydrogens (tertiary/aromatic N) is 4. The Morgan fingerprint density at radius 3 is 1.46 bits per heavy atom. The third kappa shape index (κ3) is 2.11. The highest BCUT2D eigenvalue weighted by Crippen LogP contribution is 2.24. The molecule has 0 radical (unpaired) electrons. The summed E-state index contributed by atoms with van der Waals surface area (Å²) < 4.78 is 0. The van der Waals surface area contributed by atoms with E-state index in [4.69, 9.17) is 0 Å². The standard InChI is InChI=1S/C15H6N4O7/c20-11-7-1-3-16-5-9(7)13(22)18(11)25-15(24)26-19-12(21)8-2-4-17-6-10(8)14(19)23/h1-6H. The molecule has 0 fully saturated rings. The van der Waals surface area contributed by atoms with Crippen LogP contribution in [0.4, 0.5) is 4.79 Å². The quantitative estimate of drug-likeness (QED) is 0.700. The Labute approximate surface area is 143 Å². The van der Waals surface area contributed by atoms with Gasteiger partial charge in [0.1, 0.15) is 0 Å². The molecule has 0 spiro atoms. The van der Waals surface area contributed by atoms with Gasteiger partial charge in [-0.05, 0) is 12.1 Å². The van der Waals surface area contributed by atoms with Crippen molar-refractivity contribution in [2.45, 2.75) is 0 Å². The summed E-state index contributed by atoms with van der Waals surface area (Å²) in [5, 5.41) is 0.322. The minimum Gasteiger partial charge on any atom is -0.293 e. The van der Waals surface area contributed by atoms with Crippen molar-refractivity contribution >= 4 is 29.8 Å². The van der Waals surface area contributed by atoms with E-state index in [1.165, 1.54) is 24.5 Å². The third-order valence-electron chi connectivity index (χ3n) is 3.63. The van der Waals surface area contributed by atoms with Crippen molar-refractivity contribution in [3.8, 4) is 0 Å². The zero-order chi connectivity index (χ0) is 18.4. The largest absolute Gasteiger partial charge is 0.560 e. The average molecular weight is 354 g/mol. The molecule has 128 valence electrons. The Morgan fingerprint density at radius 2 is 1.08 bits per heavy atom. The van der Waals surface area contributed by atoms with Crippen LogP contribution in [0.15, 0.2) is 36.9 Å². The normalized spacial score (nSPS) is 15.2. The summed E-state index contributed by atoms with van der Waals surface area (Å²) in [5.41, 5.74) is -0.136. The number of fused-ring (bicyclic) bond motifs is 2. The molecule has 0 aliphatic carbocycles. The molecule has 0 saturated heterocycles. The SMILES string of the molecule is O=C(ON1C(=O)c2ccncc2C1=O)ON1C(=O)c2ccncc2C1=O. The van der Waals surface area contributed by atoms with E-state index in [2.05, 4.69) is 19.6 Å². The molecule has 4 amide bonds. The number of rotatable bonds is 2. The van der Waals surface area contributed by atoms with Crippen molar-refractivity contribution in [1.82, 2.24) is 20.1 Å². The second-order valence-corrected chi connectivity index (χ2v) is 5.08. The molecule has 0 unspecified atom stereocenters. The van der Waals surface area contributed by atoms with Crippen LogP contribution in [0.5, 0.6) is 0 Å². The minimum absolute atomic E-state index is 0.00963. The van der Waals surface area contributed by atoms with Gasteiger partial charge in [0.15, 0.2) is 0 Å². The number of hydrogen-bond donors (Lipinski definition) is 0. The van der Waals surface area contributed by atoms with E-state index in [0.717, 1.165) is 12.4 Å². The lowest BCUT2D eigenvalue weighted by Gasteiger charge is -2.15. The van der Waals surface area contributed by atoms with Gasteiger partial charge in [-0.1, -0.05) is 10.1 Å². The van der Waals surface area contributed by atoms with Crippen LogP contribution in [-0.2, 0) is 9.68 Å². The predicted molar refractivity (Wildman–Crippen MR) is 77.0 cm³/mol. The maximum Gasteiger partial charge on any atom is 0.560 e. The first-order valence-corrected chi connectivity index (χ1v) is 7.04. The zero-order valence-electron chi connectivity index (χ0n) is 12.6. The monoisotopic (exact) mass is 354 g/mol. The van der Waals surface area contributed by atoms with Gasteiger partial charge in [0, 0.05) is 24.8 Å². The first-order valence-electron chi connectivity index (χ1n) is 7.04. The summed E-state index contributed by atoms with van der Waals surface area (Å²) >= 11 is 0. The highest BCUT2D eigenvalue weighted by molar-refractivity contribution is 6.21. The highest BCUT2D eigenvalue weighted by Gasteiger charge is 2.43. The third-order valence-corrected chi connectivity index (χ3v) is 3.63. The van der Waals surface area contributed by atoms with Crippen LogP contribution in [0, 0.1) is 0 Å². The number of carbonyl (C=O) groups is 5. The Hall–Kier alpha value is -4.15. The van der Waals surface area contributed by atoms with Crippen molar-refractivity contribution in [1.29, 1.82) is 0 Å². The smallest absolute Gasteiger partial charge is 0.293 e. The van der Waals surface area contributed by atoms with Crippen molar-refractivity contribution in [3.05, 3.63) is 59.2 Å². The maximum absolute atomic E-state index is 12.1. The first kappa shape index (κ1) is 15.4. The molecule has 0 bridgehead atoms. The van der Waals surface area contributed by atoms with Gasteiger partial charge in [-0.3, -0.25) is 38.8 Å². The summed E-state index contributed by atoms with van der Waals surface area (Å²) in [6, 6.07) is 2.56. The van der Waals surface area contributed by atoms with E-state index in [-0.39, 0.29) is 32.4 Å². The number of hydrogen-bond acceptors (Lipinski definition) is 9. The number of carbonyl (C=O) groups excluding carboxylic acids is 5. The Balaban J connectivity index is 1.50. The number of aromatic nitrogens is 2. The molecule has 0 N–H and O–H groups in total. The number of amides is 4. The van der Waals surface area contributed by atoms with Crippen LogP contribution >= 0.6 is 0 Å². The van der Waals surface area contributed by atoms with Gasteiger partial charge < -0.3 is 0 Å².